The van der Waals surface area contributed by atoms with E-state index in [1.54, 1.807) is 54.6 Å². The van der Waals surface area contributed by atoms with Crippen molar-refractivity contribution in [2.45, 2.75) is 11.1 Å². The number of rotatable bonds is 4. The van der Waals surface area contributed by atoms with Gasteiger partial charge in [-0.15, -0.1) is 11.3 Å². The van der Waals surface area contributed by atoms with Gasteiger partial charge in [-0.2, -0.15) is 0 Å². The third-order valence-corrected chi connectivity index (χ3v) is 8.28. The Morgan fingerprint density at radius 3 is 2.22 bits per heavy atom. The summed E-state index contributed by atoms with van der Waals surface area (Å²) in [5, 5.41) is 24.5. The molecule has 0 aliphatic heterocycles. The number of phenols is 2. The van der Waals surface area contributed by atoms with Crippen molar-refractivity contribution in [3.8, 4) is 22.6 Å². The van der Waals surface area contributed by atoms with Gasteiger partial charge in [0.25, 0.3) is 10.0 Å². The number of sulfonamides is 1. The fourth-order valence-electron chi connectivity index (χ4n) is 3.93. The number of hydrogen-bond donors (Lipinski definition) is 3. The summed E-state index contributed by atoms with van der Waals surface area (Å²) in [7, 11) is -3.82. The molecule has 0 atom stereocenters. The number of phenolic OH excluding ortho intramolecular Hbond substituents is 2. The largest absolute Gasteiger partial charge is 0.507 e. The third kappa shape index (κ3) is 3.36. The van der Waals surface area contributed by atoms with Crippen LogP contribution in [0.2, 0.25) is 0 Å². The summed E-state index contributed by atoms with van der Waals surface area (Å²) >= 11 is 1.19. The van der Waals surface area contributed by atoms with E-state index in [0.29, 0.717) is 27.6 Å². The highest BCUT2D eigenvalue weighted by Crippen LogP contribution is 2.46. The summed E-state index contributed by atoms with van der Waals surface area (Å²) in [6.07, 6.45) is 0. The predicted molar refractivity (Wildman–Crippen MR) is 130 cm³/mol. The van der Waals surface area contributed by atoms with E-state index < -0.39 is 10.0 Å². The molecular formula is C25H19NO4S2. The van der Waals surface area contributed by atoms with E-state index in [2.05, 4.69) is 4.72 Å². The Morgan fingerprint density at radius 1 is 0.812 bits per heavy atom. The van der Waals surface area contributed by atoms with E-state index in [1.807, 2.05) is 31.2 Å². The summed E-state index contributed by atoms with van der Waals surface area (Å²) in [5.74, 6) is -0.0286. The first-order valence-corrected chi connectivity index (χ1v) is 12.2. The maximum absolute atomic E-state index is 13.1. The number of thiophene rings is 1. The van der Waals surface area contributed by atoms with Gasteiger partial charge in [0, 0.05) is 26.8 Å². The summed E-state index contributed by atoms with van der Waals surface area (Å²) in [6.45, 7) is 1.85. The lowest BCUT2D eigenvalue weighted by Gasteiger charge is -2.17. The van der Waals surface area contributed by atoms with Gasteiger partial charge in [-0.3, -0.25) is 4.72 Å². The average molecular weight is 462 g/mol. The molecule has 0 saturated carbocycles. The fourth-order valence-corrected chi connectivity index (χ4v) is 6.28. The number of anilines is 1. The first-order chi connectivity index (χ1) is 15.3. The van der Waals surface area contributed by atoms with Crippen LogP contribution >= 0.6 is 11.3 Å². The SMILES string of the molecule is Cc1ccc(S(=O)(=O)Nc2cc(-c3c(O)ccc4ccccc34)c(O)c3ccccc23)s1. The lowest BCUT2D eigenvalue weighted by atomic mass is 9.93. The van der Waals surface area contributed by atoms with Gasteiger partial charge in [0.15, 0.2) is 0 Å². The van der Waals surface area contributed by atoms with Crippen molar-refractivity contribution in [1.82, 2.24) is 0 Å². The molecule has 3 N–H and O–H groups in total. The molecule has 0 fully saturated rings. The van der Waals surface area contributed by atoms with Crippen molar-refractivity contribution in [3.63, 3.8) is 0 Å². The van der Waals surface area contributed by atoms with Gasteiger partial charge >= 0.3 is 0 Å². The van der Waals surface area contributed by atoms with Crippen LogP contribution in [-0.4, -0.2) is 18.6 Å². The number of hydrogen-bond acceptors (Lipinski definition) is 5. The van der Waals surface area contributed by atoms with Crippen molar-refractivity contribution in [1.29, 1.82) is 0 Å². The number of nitrogens with one attached hydrogen (secondary N) is 1. The Kier molecular flexibility index (Phi) is 4.80. The minimum Gasteiger partial charge on any atom is -0.507 e. The first-order valence-electron chi connectivity index (χ1n) is 9.90. The zero-order valence-corrected chi connectivity index (χ0v) is 18.7. The second kappa shape index (κ2) is 7.55. The van der Waals surface area contributed by atoms with Gasteiger partial charge in [-0.05, 0) is 42.0 Å². The van der Waals surface area contributed by atoms with Crippen LogP contribution in [0.1, 0.15) is 4.88 Å². The quantitative estimate of drug-likeness (QED) is 0.276. The Morgan fingerprint density at radius 2 is 1.50 bits per heavy atom. The van der Waals surface area contributed by atoms with Gasteiger partial charge < -0.3 is 10.2 Å². The van der Waals surface area contributed by atoms with Crippen molar-refractivity contribution in [2.24, 2.45) is 0 Å². The van der Waals surface area contributed by atoms with Gasteiger partial charge in [0.2, 0.25) is 0 Å². The minimum atomic E-state index is -3.82. The second-order valence-electron chi connectivity index (χ2n) is 7.52. The van der Waals surface area contributed by atoms with E-state index in [0.717, 1.165) is 15.6 Å². The summed E-state index contributed by atoms with van der Waals surface area (Å²) in [6, 6.07) is 22.8. The smallest absolute Gasteiger partial charge is 0.271 e. The topological polar surface area (TPSA) is 86.6 Å². The van der Waals surface area contributed by atoms with E-state index >= 15 is 0 Å². The normalized spacial score (nSPS) is 11.8. The Bertz CT molecular complexity index is 1600. The van der Waals surface area contributed by atoms with Gasteiger partial charge in [-0.25, -0.2) is 8.42 Å². The predicted octanol–water partition coefficient (Wildman–Crippen LogP) is 6.24. The summed E-state index contributed by atoms with van der Waals surface area (Å²) < 4.78 is 29.0. The van der Waals surface area contributed by atoms with Crippen molar-refractivity contribution in [2.75, 3.05) is 4.72 Å². The van der Waals surface area contributed by atoms with Crippen LogP contribution < -0.4 is 4.72 Å². The van der Waals surface area contributed by atoms with Crippen LogP contribution in [-0.2, 0) is 10.0 Å². The van der Waals surface area contributed by atoms with Crippen LogP contribution in [0.15, 0.2) is 83.1 Å². The highest BCUT2D eigenvalue weighted by atomic mass is 32.2. The van der Waals surface area contributed by atoms with E-state index in [1.165, 1.54) is 11.3 Å². The van der Waals surface area contributed by atoms with Crippen molar-refractivity contribution >= 4 is 48.6 Å². The molecule has 4 aromatic carbocycles. The molecule has 5 nitrogen and oxygen atoms in total. The number of aryl methyl sites for hydroxylation is 1. The lowest BCUT2D eigenvalue weighted by molar-refractivity contribution is 0.472. The third-order valence-electron chi connectivity index (χ3n) is 5.42. The second-order valence-corrected chi connectivity index (χ2v) is 10.7. The summed E-state index contributed by atoms with van der Waals surface area (Å²) in [4.78, 5) is 0.891. The molecule has 0 amide bonds. The Balaban J connectivity index is 1.79. The zero-order valence-electron chi connectivity index (χ0n) is 17.0. The standard InChI is InChI=1S/C25H19NO4S2/c1-15-10-13-23(31-15)32(29,30)26-21-14-20(25(28)19-9-5-4-8-18(19)21)24-17-7-3-2-6-16(17)11-12-22(24)27/h2-14,26-28H,1H3. The number of aromatic hydroxyl groups is 2. The maximum atomic E-state index is 13.1. The Labute approximate surface area is 189 Å². The molecule has 160 valence electrons. The molecular weight excluding hydrogens is 442 g/mol. The van der Waals surface area contributed by atoms with E-state index in [9.17, 15) is 18.6 Å². The molecule has 32 heavy (non-hydrogen) atoms. The fraction of sp³-hybridized carbons (Fsp3) is 0.0400. The molecule has 0 radical (unpaired) electrons. The molecule has 1 aromatic heterocycles. The van der Waals surface area contributed by atoms with E-state index in [4.69, 9.17) is 0 Å². The molecule has 0 spiro atoms. The van der Waals surface area contributed by atoms with Gasteiger partial charge in [0.1, 0.15) is 15.7 Å². The number of fused-ring (bicyclic) bond motifs is 2. The first kappa shape index (κ1) is 20.4. The monoisotopic (exact) mass is 461 g/mol. The lowest BCUT2D eigenvalue weighted by Crippen LogP contribution is -2.12. The molecule has 5 rings (SSSR count). The molecule has 0 unspecified atom stereocenters. The average Bonchev–Trinajstić information content (AvgIpc) is 3.23. The maximum Gasteiger partial charge on any atom is 0.271 e. The van der Waals surface area contributed by atoms with Crippen molar-refractivity contribution in [3.05, 3.63) is 83.7 Å². The van der Waals surface area contributed by atoms with Crippen LogP contribution in [0.5, 0.6) is 11.5 Å². The summed E-state index contributed by atoms with van der Waals surface area (Å²) in [5.41, 5.74) is 1.11. The molecule has 0 bridgehead atoms. The molecule has 0 aliphatic rings. The molecule has 1 heterocycles. The van der Waals surface area contributed by atoms with Crippen molar-refractivity contribution < 1.29 is 18.6 Å². The molecule has 5 aromatic rings. The van der Waals surface area contributed by atoms with Gasteiger partial charge in [-0.1, -0.05) is 54.6 Å². The molecule has 0 saturated heterocycles. The molecule has 0 aliphatic carbocycles. The van der Waals surface area contributed by atoms with Crippen LogP contribution in [0.4, 0.5) is 5.69 Å². The zero-order chi connectivity index (χ0) is 22.5. The highest BCUT2D eigenvalue weighted by Gasteiger charge is 2.22. The Hall–Kier alpha value is -3.55. The minimum absolute atomic E-state index is 0.00281. The highest BCUT2D eigenvalue weighted by molar-refractivity contribution is 7.94. The van der Waals surface area contributed by atoms with E-state index in [-0.39, 0.29) is 15.7 Å². The van der Waals surface area contributed by atoms with Crippen LogP contribution in [0.25, 0.3) is 32.7 Å². The molecule has 7 heteroatoms. The van der Waals surface area contributed by atoms with Crippen LogP contribution in [0.3, 0.4) is 0 Å². The van der Waals surface area contributed by atoms with Gasteiger partial charge in [0.05, 0.1) is 5.69 Å². The van der Waals surface area contributed by atoms with Crippen LogP contribution in [0, 0.1) is 6.92 Å². The number of benzene rings is 4.